The van der Waals surface area contributed by atoms with Gasteiger partial charge in [-0.3, -0.25) is 9.59 Å². The minimum atomic E-state index is -1.14. The van der Waals surface area contributed by atoms with Gasteiger partial charge in [0.25, 0.3) is 0 Å². The van der Waals surface area contributed by atoms with E-state index in [0.717, 1.165) is 77.0 Å². The number of rotatable bonds is 40. The number of esters is 2. The van der Waals surface area contributed by atoms with Crippen LogP contribution in [0.15, 0.2) is 97.2 Å². The Kier molecular flexibility index (Phi) is 39.3. The molecule has 0 fully saturated rings. The number of allylic oxidation sites excluding steroid dienone is 16. The number of hydrogen-bond acceptors (Lipinski definition) is 7. The predicted molar refractivity (Wildman–Crippen MR) is 249 cm³/mol. The van der Waals surface area contributed by atoms with Crippen molar-refractivity contribution in [2.75, 3.05) is 41.0 Å². The molecule has 0 amide bonds. The molecule has 0 bridgehead atoms. The van der Waals surface area contributed by atoms with Crippen LogP contribution in [0.1, 0.15) is 162 Å². The van der Waals surface area contributed by atoms with Crippen LogP contribution in [0.5, 0.6) is 0 Å². The number of carboxylic acid groups (broad SMARTS) is 1. The third-order valence-corrected chi connectivity index (χ3v) is 9.81. The Morgan fingerprint density at radius 3 is 1.52 bits per heavy atom. The van der Waals surface area contributed by atoms with E-state index in [1.165, 1.54) is 44.9 Å². The van der Waals surface area contributed by atoms with E-state index in [-0.39, 0.29) is 49.1 Å². The number of nitrogens with zero attached hydrogens (tertiary/aromatic N) is 1. The molecule has 2 unspecified atom stereocenters. The lowest BCUT2D eigenvalue weighted by atomic mass is 10.1. The lowest BCUT2D eigenvalue weighted by molar-refractivity contribution is -0.889. The highest BCUT2D eigenvalue weighted by Gasteiger charge is 2.25. The number of hydrogen-bond donors (Lipinski definition) is 0. The minimum absolute atomic E-state index is 0.0175. The number of aliphatic carboxylic acids is 1. The minimum Gasteiger partial charge on any atom is -0.544 e. The average molecular weight is 836 g/mol. The standard InChI is InChI=1S/C52H85NO7/c1-6-8-10-12-14-16-18-20-21-22-23-24-25-26-27-28-29-31-32-34-36-38-40-42-50(54)59-47-48(46-58-45-44-49(52(56)57)53(3,4)5)60-51(55)43-41-39-37-35-33-30-19-17-15-13-11-9-7-2/h8-11,13-17,19-21,23-24,30,33,48-49H,6-7,12,18,22,25-29,31-32,34-47H2,1-5H3/b10-8+,11-9+,15-13+,16-14+,19-17+,21-20+,24-23+,33-30+. The normalized spacial score (nSPS) is 13.8. The van der Waals surface area contributed by atoms with Gasteiger partial charge in [0.2, 0.25) is 0 Å². The number of likely N-dealkylation sites (N-methyl/N-ethyl adjacent to an activating group) is 1. The quantitative estimate of drug-likeness (QED) is 0.0199. The van der Waals surface area contributed by atoms with E-state index in [1.54, 1.807) is 21.1 Å². The molecule has 0 saturated heterocycles. The molecule has 60 heavy (non-hydrogen) atoms. The molecule has 0 N–H and O–H groups in total. The molecule has 0 aromatic rings. The molecular formula is C52H85NO7. The highest BCUT2D eigenvalue weighted by molar-refractivity contribution is 5.70. The molecule has 0 rings (SSSR count). The lowest BCUT2D eigenvalue weighted by Gasteiger charge is -2.34. The third kappa shape index (κ3) is 39.7. The Morgan fingerprint density at radius 1 is 0.517 bits per heavy atom. The van der Waals surface area contributed by atoms with E-state index in [1.807, 2.05) is 36.5 Å². The molecule has 340 valence electrons. The van der Waals surface area contributed by atoms with Crippen molar-refractivity contribution in [1.82, 2.24) is 0 Å². The largest absolute Gasteiger partial charge is 0.544 e. The Morgan fingerprint density at radius 2 is 0.967 bits per heavy atom. The number of carbonyl (C=O) groups is 3. The van der Waals surface area contributed by atoms with Gasteiger partial charge in [0.05, 0.1) is 40.3 Å². The topological polar surface area (TPSA) is 102 Å². The van der Waals surface area contributed by atoms with E-state index < -0.39 is 18.1 Å². The molecule has 8 nitrogen and oxygen atoms in total. The molecule has 0 aliphatic heterocycles. The van der Waals surface area contributed by atoms with E-state index >= 15 is 0 Å². The van der Waals surface area contributed by atoms with Crippen LogP contribution >= 0.6 is 0 Å². The highest BCUT2D eigenvalue weighted by Crippen LogP contribution is 2.14. The van der Waals surface area contributed by atoms with E-state index in [9.17, 15) is 19.5 Å². The van der Waals surface area contributed by atoms with Crippen molar-refractivity contribution in [3.63, 3.8) is 0 Å². The van der Waals surface area contributed by atoms with Gasteiger partial charge in [-0.1, -0.05) is 169 Å². The second-order valence-corrected chi connectivity index (χ2v) is 16.3. The van der Waals surface area contributed by atoms with Crippen molar-refractivity contribution in [3.05, 3.63) is 97.2 Å². The summed E-state index contributed by atoms with van der Waals surface area (Å²) in [6.07, 6.45) is 55.8. The van der Waals surface area contributed by atoms with Crippen LogP contribution in [-0.2, 0) is 28.6 Å². The van der Waals surface area contributed by atoms with Gasteiger partial charge >= 0.3 is 11.9 Å². The molecule has 0 aliphatic rings. The molecule has 0 heterocycles. The second kappa shape index (κ2) is 42.0. The first-order valence-electron chi connectivity index (χ1n) is 23.3. The van der Waals surface area contributed by atoms with Crippen LogP contribution in [0.25, 0.3) is 0 Å². The summed E-state index contributed by atoms with van der Waals surface area (Å²) in [5.74, 6) is -1.80. The maximum Gasteiger partial charge on any atom is 0.306 e. The maximum atomic E-state index is 12.7. The van der Waals surface area contributed by atoms with Gasteiger partial charge in [0.15, 0.2) is 6.10 Å². The molecule has 0 radical (unpaired) electrons. The summed E-state index contributed by atoms with van der Waals surface area (Å²) in [5.41, 5.74) is 0. The fourth-order valence-electron chi connectivity index (χ4n) is 6.25. The molecule has 0 aromatic carbocycles. The zero-order chi connectivity index (χ0) is 44.2. The third-order valence-electron chi connectivity index (χ3n) is 9.81. The molecule has 8 heteroatoms. The summed E-state index contributed by atoms with van der Waals surface area (Å²) < 4.78 is 17.1. The number of carboxylic acids is 1. The first-order chi connectivity index (χ1) is 29.1. The number of quaternary nitrogens is 1. The Balaban J connectivity index is 4.29. The van der Waals surface area contributed by atoms with Gasteiger partial charge in [0.1, 0.15) is 12.6 Å². The molecule has 0 aliphatic carbocycles. The van der Waals surface area contributed by atoms with Crippen LogP contribution in [0, 0.1) is 0 Å². The summed E-state index contributed by atoms with van der Waals surface area (Å²) in [4.78, 5) is 36.9. The van der Waals surface area contributed by atoms with Gasteiger partial charge in [0, 0.05) is 19.3 Å². The zero-order valence-electron chi connectivity index (χ0n) is 38.6. The SMILES string of the molecule is CC/C=C/C=C/C=C/C=C/CCCCCC(=O)OC(COCCC(C(=O)[O-])[N+](C)(C)C)COC(=O)CCCCCCCCCCCC/C=C/C/C=C/C/C=C/C/C=C/CC. The zero-order valence-corrected chi connectivity index (χ0v) is 38.6. The average Bonchev–Trinajstić information content (AvgIpc) is 3.21. The molecule has 0 saturated carbocycles. The molecule has 2 atom stereocenters. The summed E-state index contributed by atoms with van der Waals surface area (Å²) in [5, 5.41) is 11.6. The van der Waals surface area contributed by atoms with Gasteiger partial charge in [-0.2, -0.15) is 0 Å². The summed E-state index contributed by atoms with van der Waals surface area (Å²) in [6.45, 7) is 4.34. The smallest absolute Gasteiger partial charge is 0.306 e. The molecule has 0 aromatic heterocycles. The first kappa shape index (κ1) is 56.2. The Labute approximate surface area is 366 Å². The van der Waals surface area contributed by atoms with Crippen molar-refractivity contribution < 1.29 is 38.2 Å². The van der Waals surface area contributed by atoms with E-state index in [0.29, 0.717) is 12.8 Å². The number of ether oxygens (including phenoxy) is 3. The van der Waals surface area contributed by atoms with Crippen LogP contribution in [-0.4, -0.2) is 75.5 Å². The summed E-state index contributed by atoms with van der Waals surface area (Å²) >= 11 is 0. The van der Waals surface area contributed by atoms with Crippen LogP contribution in [0.4, 0.5) is 0 Å². The fraction of sp³-hybridized carbons (Fsp3) is 0.635. The Hall–Kier alpha value is -3.75. The maximum absolute atomic E-state index is 12.7. The van der Waals surface area contributed by atoms with Crippen LogP contribution < -0.4 is 5.11 Å². The predicted octanol–water partition coefficient (Wildman–Crippen LogP) is 11.7. The van der Waals surface area contributed by atoms with Gasteiger partial charge in [-0.05, 0) is 70.6 Å². The van der Waals surface area contributed by atoms with Crippen LogP contribution in [0.3, 0.4) is 0 Å². The van der Waals surface area contributed by atoms with E-state index in [2.05, 4.69) is 74.6 Å². The molecular weight excluding hydrogens is 751 g/mol. The number of unbranched alkanes of at least 4 members (excludes halogenated alkanes) is 13. The van der Waals surface area contributed by atoms with Gasteiger partial charge < -0.3 is 28.6 Å². The lowest BCUT2D eigenvalue weighted by Crippen LogP contribution is -2.55. The van der Waals surface area contributed by atoms with Gasteiger partial charge in [-0.25, -0.2) is 0 Å². The van der Waals surface area contributed by atoms with Crippen molar-refractivity contribution in [3.8, 4) is 0 Å². The summed E-state index contributed by atoms with van der Waals surface area (Å²) in [6, 6.07) is -0.739. The monoisotopic (exact) mass is 836 g/mol. The van der Waals surface area contributed by atoms with Crippen molar-refractivity contribution in [2.45, 2.75) is 174 Å². The molecule has 0 spiro atoms. The number of carbonyl (C=O) groups excluding carboxylic acids is 3. The highest BCUT2D eigenvalue weighted by atomic mass is 16.6. The second-order valence-electron chi connectivity index (χ2n) is 16.3. The van der Waals surface area contributed by atoms with E-state index in [4.69, 9.17) is 14.2 Å². The summed E-state index contributed by atoms with van der Waals surface area (Å²) in [7, 11) is 5.38. The van der Waals surface area contributed by atoms with Crippen molar-refractivity contribution in [1.29, 1.82) is 0 Å². The van der Waals surface area contributed by atoms with Crippen molar-refractivity contribution in [2.24, 2.45) is 0 Å². The fourth-order valence-corrected chi connectivity index (χ4v) is 6.25. The Bertz CT molecular complexity index is 1300. The van der Waals surface area contributed by atoms with Gasteiger partial charge in [-0.15, -0.1) is 0 Å². The first-order valence-corrected chi connectivity index (χ1v) is 23.3. The van der Waals surface area contributed by atoms with Crippen LogP contribution in [0.2, 0.25) is 0 Å². The van der Waals surface area contributed by atoms with Crippen molar-refractivity contribution >= 4 is 17.9 Å².